The van der Waals surface area contributed by atoms with Crippen LogP contribution in [-0.4, -0.2) is 36.3 Å². The maximum atomic E-state index is 13.2. The van der Waals surface area contributed by atoms with Crippen molar-refractivity contribution in [3.8, 4) is 5.69 Å². The standard InChI is InChI=1S/C29H37N7O/c1-18-6-12-21(13-7-18)36-22(14-24(34-36)29(2,3)4)15-25(37)33-20-10-8-19(9-11-20)23-16-35(5)28-26(23)27(30)31-17-32-28/h6-7,12-14,16-17,19-20H,8-11,15H2,1-5H3,(H,33,37)(H2,30,31,32). The minimum absolute atomic E-state index is 0.0416. The summed E-state index contributed by atoms with van der Waals surface area (Å²) in [5.41, 5.74) is 12.3. The van der Waals surface area contributed by atoms with Crippen molar-refractivity contribution in [2.75, 3.05) is 5.73 Å². The Hall–Kier alpha value is -3.68. The maximum Gasteiger partial charge on any atom is 0.226 e. The van der Waals surface area contributed by atoms with Gasteiger partial charge in [0.2, 0.25) is 5.91 Å². The van der Waals surface area contributed by atoms with E-state index in [9.17, 15) is 4.79 Å². The zero-order chi connectivity index (χ0) is 26.3. The van der Waals surface area contributed by atoms with E-state index in [0.717, 1.165) is 53.8 Å². The number of aromatic nitrogens is 5. The van der Waals surface area contributed by atoms with Crippen LogP contribution < -0.4 is 11.1 Å². The van der Waals surface area contributed by atoms with Crippen LogP contribution in [0.3, 0.4) is 0 Å². The lowest BCUT2D eigenvalue weighted by atomic mass is 9.81. The maximum absolute atomic E-state index is 13.2. The van der Waals surface area contributed by atoms with Crippen LogP contribution in [0.15, 0.2) is 42.9 Å². The molecular weight excluding hydrogens is 462 g/mol. The molecule has 37 heavy (non-hydrogen) atoms. The number of nitrogens with zero attached hydrogens (tertiary/aromatic N) is 5. The molecular formula is C29H37N7O. The third kappa shape index (κ3) is 5.10. The highest BCUT2D eigenvalue weighted by molar-refractivity contribution is 5.90. The summed E-state index contributed by atoms with van der Waals surface area (Å²) < 4.78 is 3.95. The number of fused-ring (bicyclic) bond motifs is 1. The SMILES string of the molecule is Cc1ccc(-n2nc(C(C)(C)C)cc2CC(=O)NC2CCC(c3cn(C)c4ncnc(N)c34)CC2)cc1. The Morgan fingerprint density at radius 3 is 2.49 bits per heavy atom. The summed E-state index contributed by atoms with van der Waals surface area (Å²) in [7, 11) is 2.00. The number of nitrogens with one attached hydrogen (secondary N) is 1. The molecule has 1 amide bonds. The Kier molecular flexibility index (Phi) is 6.52. The lowest BCUT2D eigenvalue weighted by Crippen LogP contribution is -2.38. The van der Waals surface area contributed by atoms with Gasteiger partial charge < -0.3 is 15.6 Å². The Bertz CT molecular complexity index is 1420. The van der Waals surface area contributed by atoms with E-state index < -0.39 is 0 Å². The Labute approximate surface area is 218 Å². The number of benzene rings is 1. The number of hydrogen-bond acceptors (Lipinski definition) is 5. The van der Waals surface area contributed by atoms with Gasteiger partial charge in [-0.2, -0.15) is 5.10 Å². The fraction of sp³-hybridized carbons (Fsp3) is 0.448. The van der Waals surface area contributed by atoms with Gasteiger partial charge in [-0.15, -0.1) is 0 Å². The zero-order valence-electron chi connectivity index (χ0n) is 22.5. The predicted octanol–water partition coefficient (Wildman–Crippen LogP) is 4.73. The third-order valence-corrected chi connectivity index (χ3v) is 7.52. The van der Waals surface area contributed by atoms with Crippen molar-refractivity contribution in [3.05, 3.63) is 65.4 Å². The topological polar surface area (TPSA) is 104 Å². The average molecular weight is 500 g/mol. The van der Waals surface area contributed by atoms with E-state index in [1.807, 2.05) is 16.3 Å². The lowest BCUT2D eigenvalue weighted by molar-refractivity contribution is -0.121. The highest BCUT2D eigenvalue weighted by Crippen LogP contribution is 2.38. The Balaban J connectivity index is 1.27. The molecule has 0 bridgehead atoms. The number of aryl methyl sites for hydroxylation is 2. The number of anilines is 1. The number of carbonyl (C=O) groups excluding carboxylic acids is 1. The van der Waals surface area contributed by atoms with Gasteiger partial charge in [-0.1, -0.05) is 38.5 Å². The van der Waals surface area contributed by atoms with Crippen molar-refractivity contribution in [3.63, 3.8) is 0 Å². The van der Waals surface area contributed by atoms with Gasteiger partial charge in [0.25, 0.3) is 0 Å². The second-order valence-electron chi connectivity index (χ2n) is 11.5. The van der Waals surface area contributed by atoms with Crippen LogP contribution in [0.1, 0.15) is 74.9 Å². The summed E-state index contributed by atoms with van der Waals surface area (Å²) in [6.45, 7) is 8.51. The summed E-state index contributed by atoms with van der Waals surface area (Å²) in [5.74, 6) is 0.971. The number of amides is 1. The second-order valence-corrected chi connectivity index (χ2v) is 11.5. The second kappa shape index (κ2) is 9.65. The minimum atomic E-state index is -0.102. The van der Waals surface area contributed by atoms with Crippen molar-refractivity contribution < 1.29 is 4.79 Å². The average Bonchev–Trinajstić information content (AvgIpc) is 3.42. The van der Waals surface area contributed by atoms with E-state index in [4.69, 9.17) is 10.8 Å². The highest BCUT2D eigenvalue weighted by atomic mass is 16.1. The van der Waals surface area contributed by atoms with Gasteiger partial charge in [0.1, 0.15) is 17.8 Å². The van der Waals surface area contributed by atoms with Crippen molar-refractivity contribution in [1.82, 2.24) is 29.6 Å². The van der Waals surface area contributed by atoms with Gasteiger partial charge >= 0.3 is 0 Å². The highest BCUT2D eigenvalue weighted by Gasteiger charge is 2.28. The molecule has 0 atom stereocenters. The first-order valence-corrected chi connectivity index (χ1v) is 13.1. The van der Waals surface area contributed by atoms with Crippen molar-refractivity contribution >= 4 is 22.8 Å². The van der Waals surface area contributed by atoms with Crippen LogP contribution in [0.4, 0.5) is 5.82 Å². The molecule has 194 valence electrons. The molecule has 4 aromatic rings. The number of carbonyl (C=O) groups is 1. The number of rotatable bonds is 5. The molecule has 8 nitrogen and oxygen atoms in total. The van der Waals surface area contributed by atoms with Crippen LogP contribution in [0, 0.1) is 6.92 Å². The van der Waals surface area contributed by atoms with E-state index in [-0.39, 0.29) is 17.4 Å². The molecule has 1 fully saturated rings. The van der Waals surface area contributed by atoms with Crippen molar-refractivity contribution in [2.45, 2.75) is 77.2 Å². The van der Waals surface area contributed by atoms with Gasteiger partial charge in [-0.3, -0.25) is 4.79 Å². The van der Waals surface area contributed by atoms with Crippen LogP contribution >= 0.6 is 0 Å². The first kappa shape index (κ1) is 25.0. The molecule has 0 unspecified atom stereocenters. The molecule has 1 saturated carbocycles. The smallest absolute Gasteiger partial charge is 0.226 e. The molecule has 3 N–H and O–H groups in total. The van der Waals surface area contributed by atoms with Crippen molar-refractivity contribution in [2.24, 2.45) is 7.05 Å². The van der Waals surface area contributed by atoms with Gasteiger partial charge in [0.15, 0.2) is 0 Å². The van der Waals surface area contributed by atoms with Crippen LogP contribution in [-0.2, 0) is 23.7 Å². The molecule has 5 rings (SSSR count). The van der Waals surface area contributed by atoms with E-state index in [1.165, 1.54) is 17.5 Å². The summed E-state index contributed by atoms with van der Waals surface area (Å²) in [6, 6.07) is 10.5. The van der Waals surface area contributed by atoms with E-state index >= 15 is 0 Å². The van der Waals surface area contributed by atoms with E-state index in [1.54, 1.807) is 0 Å². The normalized spacial score (nSPS) is 18.3. The summed E-state index contributed by atoms with van der Waals surface area (Å²) in [5, 5.41) is 9.14. The molecule has 1 aliphatic carbocycles. The monoisotopic (exact) mass is 499 g/mol. The van der Waals surface area contributed by atoms with Gasteiger partial charge in [0.05, 0.1) is 28.9 Å². The number of nitrogen functional groups attached to an aromatic ring is 1. The Morgan fingerprint density at radius 2 is 1.81 bits per heavy atom. The third-order valence-electron chi connectivity index (χ3n) is 7.52. The van der Waals surface area contributed by atoms with Crippen LogP contribution in [0.2, 0.25) is 0 Å². The molecule has 3 aromatic heterocycles. The number of nitrogens with two attached hydrogens (primary N) is 1. The summed E-state index contributed by atoms with van der Waals surface area (Å²) in [6.07, 6.45) is 7.81. The quantitative estimate of drug-likeness (QED) is 0.413. The zero-order valence-corrected chi connectivity index (χ0v) is 22.5. The molecule has 1 aliphatic rings. The van der Waals surface area contributed by atoms with Crippen LogP contribution in [0.25, 0.3) is 16.7 Å². The predicted molar refractivity (Wildman–Crippen MR) is 147 cm³/mol. The Morgan fingerprint density at radius 1 is 1.11 bits per heavy atom. The van der Waals surface area contributed by atoms with Gasteiger partial charge in [-0.05, 0) is 62.3 Å². The molecule has 0 spiro atoms. The molecule has 1 aromatic carbocycles. The summed E-state index contributed by atoms with van der Waals surface area (Å²) in [4.78, 5) is 21.8. The minimum Gasteiger partial charge on any atom is -0.383 e. The largest absolute Gasteiger partial charge is 0.383 e. The first-order chi connectivity index (χ1) is 17.6. The van der Waals surface area contributed by atoms with Crippen molar-refractivity contribution in [1.29, 1.82) is 0 Å². The summed E-state index contributed by atoms with van der Waals surface area (Å²) >= 11 is 0. The molecule has 0 aliphatic heterocycles. The van der Waals surface area contributed by atoms with Gasteiger partial charge in [0, 0.05) is 24.7 Å². The fourth-order valence-corrected chi connectivity index (χ4v) is 5.39. The van der Waals surface area contributed by atoms with Gasteiger partial charge in [-0.25, -0.2) is 14.6 Å². The first-order valence-electron chi connectivity index (χ1n) is 13.1. The molecule has 3 heterocycles. The lowest BCUT2D eigenvalue weighted by Gasteiger charge is -2.29. The number of hydrogen-bond donors (Lipinski definition) is 2. The van der Waals surface area contributed by atoms with E-state index in [2.05, 4.69) is 79.5 Å². The van der Waals surface area contributed by atoms with Crippen LogP contribution in [0.5, 0.6) is 0 Å². The van der Waals surface area contributed by atoms with E-state index in [0.29, 0.717) is 18.2 Å². The molecule has 0 saturated heterocycles. The molecule has 0 radical (unpaired) electrons. The fourth-order valence-electron chi connectivity index (χ4n) is 5.39. The molecule has 8 heteroatoms.